The average Bonchev–Trinajstić information content (AvgIpc) is 2.95. The second kappa shape index (κ2) is 5.88. The number of hydrogen-bond acceptors (Lipinski definition) is 4. The van der Waals surface area contributed by atoms with E-state index in [2.05, 4.69) is 15.0 Å². The minimum atomic E-state index is -4.74. The van der Waals surface area contributed by atoms with Crippen LogP contribution in [0.4, 0.5) is 18.9 Å². The number of carbonyl (C=O) groups is 1. The number of halogens is 3. The smallest absolute Gasteiger partial charge is 0.406 e. The zero-order valence-corrected chi connectivity index (χ0v) is 12.2. The van der Waals surface area contributed by atoms with Gasteiger partial charge in [-0.05, 0) is 42.5 Å². The number of ether oxygens (including phenoxy) is 1. The van der Waals surface area contributed by atoms with E-state index in [4.69, 9.17) is 0 Å². The Morgan fingerprint density at radius 1 is 1.13 bits per heavy atom. The maximum absolute atomic E-state index is 12.2. The number of anilines is 1. The van der Waals surface area contributed by atoms with Crippen LogP contribution in [-0.2, 0) is 0 Å². The summed E-state index contributed by atoms with van der Waals surface area (Å²) >= 11 is 1.42. The first-order valence-corrected chi connectivity index (χ1v) is 7.29. The summed E-state index contributed by atoms with van der Waals surface area (Å²) in [6.45, 7) is 0. The van der Waals surface area contributed by atoms with Crippen LogP contribution in [0.2, 0.25) is 0 Å². The highest BCUT2D eigenvalue weighted by molar-refractivity contribution is 7.16. The molecule has 2 aromatic carbocycles. The lowest BCUT2D eigenvalue weighted by Gasteiger charge is -2.10. The van der Waals surface area contributed by atoms with Crippen molar-refractivity contribution in [2.75, 3.05) is 5.32 Å². The van der Waals surface area contributed by atoms with Gasteiger partial charge in [0.2, 0.25) is 0 Å². The zero-order chi connectivity index (χ0) is 16.4. The Hall–Kier alpha value is -2.61. The molecule has 8 heteroatoms. The molecule has 0 aliphatic rings. The number of amides is 1. The predicted octanol–water partition coefficient (Wildman–Crippen LogP) is 4.45. The van der Waals surface area contributed by atoms with Gasteiger partial charge < -0.3 is 10.1 Å². The van der Waals surface area contributed by atoms with Gasteiger partial charge in [0.1, 0.15) is 5.75 Å². The Kier molecular flexibility index (Phi) is 3.91. The van der Waals surface area contributed by atoms with Gasteiger partial charge in [0.15, 0.2) is 0 Å². The van der Waals surface area contributed by atoms with Crippen LogP contribution in [0.5, 0.6) is 5.75 Å². The number of aromatic nitrogens is 1. The molecule has 0 bridgehead atoms. The van der Waals surface area contributed by atoms with Crippen molar-refractivity contribution in [2.24, 2.45) is 0 Å². The van der Waals surface area contributed by atoms with Crippen molar-refractivity contribution in [1.82, 2.24) is 4.98 Å². The van der Waals surface area contributed by atoms with Gasteiger partial charge >= 0.3 is 6.36 Å². The Morgan fingerprint density at radius 3 is 2.57 bits per heavy atom. The number of hydrogen-bond donors (Lipinski definition) is 1. The SMILES string of the molecule is O=C(Nc1ccc(OC(F)(F)F)cc1)c1ccc2ncsc2c1. The van der Waals surface area contributed by atoms with Crippen molar-refractivity contribution < 1.29 is 22.7 Å². The lowest BCUT2D eigenvalue weighted by Crippen LogP contribution is -2.17. The highest BCUT2D eigenvalue weighted by atomic mass is 32.1. The fourth-order valence-electron chi connectivity index (χ4n) is 1.94. The third-order valence-corrected chi connectivity index (χ3v) is 3.73. The van der Waals surface area contributed by atoms with Crippen LogP contribution in [-0.4, -0.2) is 17.3 Å². The first-order chi connectivity index (χ1) is 10.9. The van der Waals surface area contributed by atoms with Gasteiger partial charge in [0.05, 0.1) is 15.7 Å². The second-order valence-electron chi connectivity index (χ2n) is 4.56. The maximum atomic E-state index is 12.2. The van der Waals surface area contributed by atoms with Crippen molar-refractivity contribution in [1.29, 1.82) is 0 Å². The van der Waals surface area contributed by atoms with Gasteiger partial charge in [-0.1, -0.05) is 0 Å². The molecule has 0 aliphatic heterocycles. The van der Waals surface area contributed by atoms with Crippen molar-refractivity contribution in [3.63, 3.8) is 0 Å². The molecule has 1 heterocycles. The van der Waals surface area contributed by atoms with Crippen molar-refractivity contribution in [2.45, 2.75) is 6.36 Å². The van der Waals surface area contributed by atoms with E-state index in [1.807, 2.05) is 0 Å². The molecule has 0 saturated carbocycles. The third-order valence-electron chi connectivity index (χ3n) is 2.94. The molecule has 4 nitrogen and oxygen atoms in total. The van der Waals surface area contributed by atoms with E-state index >= 15 is 0 Å². The van der Waals surface area contributed by atoms with Crippen LogP contribution in [0.25, 0.3) is 10.2 Å². The molecule has 118 valence electrons. The van der Waals surface area contributed by atoms with Crippen LogP contribution >= 0.6 is 11.3 Å². The summed E-state index contributed by atoms with van der Waals surface area (Å²) in [5, 5.41) is 2.61. The highest BCUT2D eigenvalue weighted by Crippen LogP contribution is 2.24. The minimum absolute atomic E-state index is 0.346. The normalized spacial score (nSPS) is 11.4. The molecule has 0 saturated heterocycles. The molecule has 0 fully saturated rings. The number of alkyl halides is 3. The first-order valence-electron chi connectivity index (χ1n) is 6.41. The standard InChI is InChI=1S/C15H9F3N2O2S/c16-15(17,18)22-11-4-2-10(3-5-11)20-14(21)9-1-6-12-13(7-9)23-8-19-12/h1-8H,(H,20,21). The van der Waals surface area contributed by atoms with Gasteiger partial charge in [-0.25, -0.2) is 4.98 Å². The van der Waals surface area contributed by atoms with Crippen LogP contribution in [0, 0.1) is 0 Å². The molecule has 3 aromatic rings. The number of benzene rings is 2. The van der Waals surface area contributed by atoms with Gasteiger partial charge in [0.25, 0.3) is 5.91 Å². The molecule has 1 N–H and O–H groups in total. The van der Waals surface area contributed by atoms with Crippen molar-refractivity contribution in [3.05, 3.63) is 53.5 Å². The van der Waals surface area contributed by atoms with E-state index in [0.29, 0.717) is 11.3 Å². The quantitative estimate of drug-likeness (QED) is 0.768. The molecule has 23 heavy (non-hydrogen) atoms. The summed E-state index contributed by atoms with van der Waals surface area (Å²) in [4.78, 5) is 16.3. The second-order valence-corrected chi connectivity index (χ2v) is 5.45. The lowest BCUT2D eigenvalue weighted by molar-refractivity contribution is -0.274. The minimum Gasteiger partial charge on any atom is -0.406 e. The number of carbonyl (C=O) groups excluding carboxylic acids is 1. The molecule has 0 aliphatic carbocycles. The first kappa shape index (κ1) is 15.3. The lowest BCUT2D eigenvalue weighted by atomic mass is 10.2. The summed E-state index contributed by atoms with van der Waals surface area (Å²) in [6, 6.07) is 10.0. The fourth-order valence-corrected chi connectivity index (χ4v) is 2.66. The number of thiazole rings is 1. The Bertz CT molecular complexity index is 844. The summed E-state index contributed by atoms with van der Waals surface area (Å²) in [6.07, 6.45) is -4.74. The van der Waals surface area contributed by atoms with E-state index in [1.54, 1.807) is 23.7 Å². The molecule has 3 rings (SSSR count). The van der Waals surface area contributed by atoms with E-state index < -0.39 is 6.36 Å². The average molecular weight is 338 g/mol. The number of nitrogens with zero attached hydrogens (tertiary/aromatic N) is 1. The van der Waals surface area contributed by atoms with Gasteiger partial charge in [0, 0.05) is 11.3 Å². The molecular weight excluding hydrogens is 329 g/mol. The Morgan fingerprint density at radius 2 is 1.87 bits per heavy atom. The monoisotopic (exact) mass is 338 g/mol. The highest BCUT2D eigenvalue weighted by Gasteiger charge is 2.30. The summed E-state index contributed by atoms with van der Waals surface area (Å²) < 4.78 is 40.9. The van der Waals surface area contributed by atoms with E-state index in [9.17, 15) is 18.0 Å². The molecule has 0 unspecified atom stereocenters. The molecule has 1 amide bonds. The van der Waals surface area contributed by atoms with E-state index in [-0.39, 0.29) is 11.7 Å². The predicted molar refractivity (Wildman–Crippen MR) is 80.7 cm³/mol. The summed E-state index contributed by atoms with van der Waals surface area (Å²) in [5.74, 6) is -0.702. The molecular formula is C15H9F3N2O2S. The molecule has 1 aromatic heterocycles. The van der Waals surface area contributed by atoms with E-state index in [1.165, 1.54) is 23.5 Å². The fraction of sp³-hybridized carbons (Fsp3) is 0.0667. The molecule has 0 spiro atoms. The Labute approximate surface area is 132 Å². The third kappa shape index (κ3) is 3.78. The Balaban J connectivity index is 1.72. The molecule has 0 atom stereocenters. The zero-order valence-electron chi connectivity index (χ0n) is 11.4. The van der Waals surface area contributed by atoms with Crippen LogP contribution in [0.15, 0.2) is 48.0 Å². The van der Waals surface area contributed by atoms with Gasteiger partial charge in [-0.15, -0.1) is 24.5 Å². The van der Waals surface area contributed by atoms with Crippen molar-refractivity contribution in [3.8, 4) is 5.75 Å². The number of rotatable bonds is 3. The maximum Gasteiger partial charge on any atom is 0.573 e. The number of fused-ring (bicyclic) bond motifs is 1. The molecule has 0 radical (unpaired) electrons. The summed E-state index contributed by atoms with van der Waals surface area (Å²) in [5.41, 5.74) is 3.30. The topological polar surface area (TPSA) is 51.2 Å². The largest absolute Gasteiger partial charge is 0.573 e. The van der Waals surface area contributed by atoms with Crippen LogP contribution < -0.4 is 10.1 Å². The number of nitrogens with one attached hydrogen (secondary N) is 1. The van der Waals surface area contributed by atoms with E-state index in [0.717, 1.165) is 22.3 Å². The van der Waals surface area contributed by atoms with Gasteiger partial charge in [-0.3, -0.25) is 4.79 Å². The summed E-state index contributed by atoms with van der Waals surface area (Å²) in [7, 11) is 0. The van der Waals surface area contributed by atoms with Crippen LogP contribution in [0.1, 0.15) is 10.4 Å². The van der Waals surface area contributed by atoms with Crippen LogP contribution in [0.3, 0.4) is 0 Å². The van der Waals surface area contributed by atoms with Crippen molar-refractivity contribution >= 4 is 33.1 Å². The van der Waals surface area contributed by atoms with Gasteiger partial charge in [-0.2, -0.15) is 0 Å².